The van der Waals surface area contributed by atoms with E-state index in [1.165, 1.54) is 12.1 Å². The zero-order valence-corrected chi connectivity index (χ0v) is 12.9. The van der Waals surface area contributed by atoms with Crippen molar-refractivity contribution in [2.45, 2.75) is 25.2 Å². The smallest absolute Gasteiger partial charge is 0.123 e. The van der Waals surface area contributed by atoms with Gasteiger partial charge in [0.15, 0.2) is 0 Å². The molecule has 3 rings (SSSR count). The summed E-state index contributed by atoms with van der Waals surface area (Å²) >= 11 is 0. The fourth-order valence-electron chi connectivity index (χ4n) is 2.83. The number of aliphatic hydroxyl groups is 1. The van der Waals surface area contributed by atoms with Crippen molar-refractivity contribution in [1.29, 1.82) is 0 Å². The van der Waals surface area contributed by atoms with Crippen molar-refractivity contribution in [2.24, 2.45) is 0 Å². The Hall–Kier alpha value is -1.82. The predicted octanol–water partition coefficient (Wildman–Crippen LogP) is 2.55. The second-order valence-electron chi connectivity index (χ2n) is 5.90. The molecule has 0 saturated carbocycles. The lowest BCUT2D eigenvalue weighted by Crippen LogP contribution is -2.28. The van der Waals surface area contributed by atoms with E-state index in [1.807, 2.05) is 12.1 Å². The lowest BCUT2D eigenvalue weighted by atomic mass is 10.1. The summed E-state index contributed by atoms with van der Waals surface area (Å²) in [6, 6.07) is 9.92. The predicted molar refractivity (Wildman–Crippen MR) is 85.2 cm³/mol. The fourth-order valence-corrected chi connectivity index (χ4v) is 2.83. The summed E-state index contributed by atoms with van der Waals surface area (Å²) in [7, 11) is 0. The number of aromatic nitrogens is 1. The molecule has 122 valence electrons. The first-order valence-corrected chi connectivity index (χ1v) is 7.87. The van der Waals surface area contributed by atoms with E-state index in [2.05, 4.69) is 9.88 Å². The van der Waals surface area contributed by atoms with Crippen molar-refractivity contribution < 1.29 is 14.2 Å². The average Bonchev–Trinajstić information content (AvgIpc) is 3.02. The molecule has 1 N–H and O–H groups in total. The van der Waals surface area contributed by atoms with E-state index < -0.39 is 6.10 Å². The van der Waals surface area contributed by atoms with Crippen molar-refractivity contribution in [3.8, 4) is 0 Å². The van der Waals surface area contributed by atoms with Gasteiger partial charge in [0.1, 0.15) is 5.82 Å². The summed E-state index contributed by atoms with van der Waals surface area (Å²) in [6.45, 7) is 2.84. The van der Waals surface area contributed by atoms with Crippen LogP contribution in [0.5, 0.6) is 0 Å². The summed E-state index contributed by atoms with van der Waals surface area (Å²) in [5.41, 5.74) is 1.86. The number of ether oxygens (including phenoxy) is 1. The summed E-state index contributed by atoms with van der Waals surface area (Å²) in [4.78, 5) is 6.17. The van der Waals surface area contributed by atoms with Gasteiger partial charge in [0.05, 0.1) is 18.8 Å². The van der Waals surface area contributed by atoms with E-state index >= 15 is 0 Å². The zero-order valence-electron chi connectivity index (χ0n) is 12.9. The summed E-state index contributed by atoms with van der Waals surface area (Å²) < 4.78 is 18.8. The maximum atomic E-state index is 12.9. The largest absolute Gasteiger partial charge is 0.387 e. The number of hydrogen-bond donors (Lipinski definition) is 1. The molecule has 5 heteroatoms. The van der Waals surface area contributed by atoms with Crippen LogP contribution in [0.25, 0.3) is 0 Å². The molecule has 1 aliphatic rings. The minimum absolute atomic E-state index is 0.184. The monoisotopic (exact) mass is 316 g/mol. The van der Waals surface area contributed by atoms with Crippen molar-refractivity contribution in [3.05, 3.63) is 65.7 Å². The second kappa shape index (κ2) is 7.64. The molecule has 2 atom stereocenters. The average molecular weight is 316 g/mol. The number of hydrogen-bond acceptors (Lipinski definition) is 4. The SMILES string of the molecule is OC(CN1CCC(OCc2ccncc2)C1)c1ccc(F)cc1. The Balaban J connectivity index is 1.45. The van der Waals surface area contributed by atoms with E-state index in [9.17, 15) is 9.50 Å². The maximum absolute atomic E-state index is 12.9. The number of benzene rings is 1. The maximum Gasteiger partial charge on any atom is 0.123 e. The minimum atomic E-state index is -0.602. The molecule has 23 heavy (non-hydrogen) atoms. The van der Waals surface area contributed by atoms with E-state index in [4.69, 9.17) is 4.74 Å². The van der Waals surface area contributed by atoms with Crippen LogP contribution in [0.2, 0.25) is 0 Å². The molecule has 4 nitrogen and oxygen atoms in total. The first-order chi connectivity index (χ1) is 11.2. The van der Waals surface area contributed by atoms with Gasteiger partial charge in [0, 0.05) is 32.0 Å². The number of nitrogens with zero attached hydrogens (tertiary/aromatic N) is 2. The molecule has 1 fully saturated rings. The van der Waals surface area contributed by atoms with Gasteiger partial charge in [0.25, 0.3) is 0 Å². The van der Waals surface area contributed by atoms with Gasteiger partial charge in [-0.2, -0.15) is 0 Å². The van der Waals surface area contributed by atoms with Crippen molar-refractivity contribution in [1.82, 2.24) is 9.88 Å². The van der Waals surface area contributed by atoms with Crippen LogP contribution in [0.1, 0.15) is 23.7 Å². The van der Waals surface area contributed by atoms with Gasteiger partial charge in [-0.15, -0.1) is 0 Å². The van der Waals surface area contributed by atoms with E-state index in [0.717, 1.165) is 30.6 Å². The van der Waals surface area contributed by atoms with E-state index in [-0.39, 0.29) is 11.9 Å². The lowest BCUT2D eigenvalue weighted by molar-refractivity contribution is 0.0416. The van der Waals surface area contributed by atoms with Crippen LogP contribution in [-0.2, 0) is 11.3 Å². The van der Waals surface area contributed by atoms with Crippen LogP contribution in [0.15, 0.2) is 48.8 Å². The van der Waals surface area contributed by atoms with Crippen LogP contribution in [0.4, 0.5) is 4.39 Å². The van der Waals surface area contributed by atoms with Gasteiger partial charge in [-0.05, 0) is 41.8 Å². The highest BCUT2D eigenvalue weighted by atomic mass is 19.1. The van der Waals surface area contributed by atoms with Gasteiger partial charge < -0.3 is 9.84 Å². The molecule has 2 aromatic rings. The Bertz CT molecular complexity index is 606. The van der Waals surface area contributed by atoms with Crippen LogP contribution >= 0.6 is 0 Å². The highest BCUT2D eigenvalue weighted by Crippen LogP contribution is 2.20. The molecule has 0 aliphatic carbocycles. The quantitative estimate of drug-likeness (QED) is 0.889. The molecule has 0 spiro atoms. The van der Waals surface area contributed by atoms with Gasteiger partial charge in [0.2, 0.25) is 0 Å². The van der Waals surface area contributed by atoms with Gasteiger partial charge in [-0.25, -0.2) is 4.39 Å². The molecule has 0 amide bonds. The number of β-amino-alcohol motifs (C(OH)–C–C–N with tert-alkyl or cyclic N) is 1. The molecular weight excluding hydrogens is 295 g/mol. The normalized spacial score (nSPS) is 19.8. The number of rotatable bonds is 6. The summed E-state index contributed by atoms with van der Waals surface area (Å²) in [6.07, 6.45) is 4.07. The first-order valence-electron chi connectivity index (χ1n) is 7.87. The van der Waals surface area contributed by atoms with Crippen molar-refractivity contribution in [3.63, 3.8) is 0 Å². The molecule has 0 radical (unpaired) electrons. The Labute approximate surface area is 135 Å². The highest BCUT2D eigenvalue weighted by molar-refractivity contribution is 5.18. The number of halogens is 1. The standard InChI is InChI=1S/C18H21FN2O2/c19-16-3-1-15(2-4-16)18(22)12-21-10-7-17(11-21)23-13-14-5-8-20-9-6-14/h1-6,8-9,17-18,22H,7,10-13H2. The van der Waals surface area contributed by atoms with Crippen molar-refractivity contribution in [2.75, 3.05) is 19.6 Å². The van der Waals surface area contributed by atoms with Gasteiger partial charge in [-0.3, -0.25) is 9.88 Å². The molecule has 2 heterocycles. The summed E-state index contributed by atoms with van der Waals surface area (Å²) in [5, 5.41) is 10.3. The third-order valence-electron chi connectivity index (χ3n) is 4.15. The first kappa shape index (κ1) is 16.1. The molecule has 1 aromatic heterocycles. The molecular formula is C18H21FN2O2. The number of likely N-dealkylation sites (tertiary alicyclic amines) is 1. The molecule has 1 aromatic carbocycles. The van der Waals surface area contributed by atoms with Gasteiger partial charge >= 0.3 is 0 Å². The third kappa shape index (κ3) is 4.58. The number of aliphatic hydroxyl groups excluding tert-OH is 1. The lowest BCUT2D eigenvalue weighted by Gasteiger charge is -2.20. The number of pyridine rings is 1. The molecule has 0 bridgehead atoms. The minimum Gasteiger partial charge on any atom is -0.387 e. The Morgan fingerprint density at radius 2 is 1.96 bits per heavy atom. The molecule has 2 unspecified atom stereocenters. The Kier molecular flexibility index (Phi) is 5.33. The second-order valence-corrected chi connectivity index (χ2v) is 5.90. The van der Waals surface area contributed by atoms with Gasteiger partial charge in [-0.1, -0.05) is 12.1 Å². The topological polar surface area (TPSA) is 45.6 Å². The van der Waals surface area contributed by atoms with E-state index in [1.54, 1.807) is 24.5 Å². The Morgan fingerprint density at radius 3 is 2.70 bits per heavy atom. The zero-order chi connectivity index (χ0) is 16.1. The third-order valence-corrected chi connectivity index (χ3v) is 4.15. The van der Waals surface area contributed by atoms with Crippen LogP contribution in [0, 0.1) is 5.82 Å². The van der Waals surface area contributed by atoms with Crippen LogP contribution in [0.3, 0.4) is 0 Å². The highest BCUT2D eigenvalue weighted by Gasteiger charge is 2.25. The van der Waals surface area contributed by atoms with Crippen LogP contribution < -0.4 is 0 Å². The molecule has 1 saturated heterocycles. The molecule has 1 aliphatic heterocycles. The van der Waals surface area contributed by atoms with Crippen molar-refractivity contribution >= 4 is 0 Å². The van der Waals surface area contributed by atoms with E-state index in [0.29, 0.717) is 13.2 Å². The Morgan fingerprint density at radius 1 is 1.22 bits per heavy atom. The fraction of sp³-hybridized carbons (Fsp3) is 0.389. The van der Waals surface area contributed by atoms with Crippen LogP contribution in [-0.4, -0.2) is 40.7 Å². The summed E-state index contributed by atoms with van der Waals surface area (Å²) in [5.74, 6) is -0.285.